The lowest BCUT2D eigenvalue weighted by molar-refractivity contribution is 0.102. The molecule has 4 aromatic rings. The SMILES string of the molecule is CCn1cc(Cn2cc(NC(=O)c3c(C)nn(-c4ccccc4)c3C)cn2)cn1. The van der Waals surface area contributed by atoms with Crippen molar-refractivity contribution in [1.82, 2.24) is 29.3 Å². The molecule has 0 radical (unpaired) electrons. The van der Waals surface area contributed by atoms with Gasteiger partial charge in [0.1, 0.15) is 0 Å². The van der Waals surface area contributed by atoms with Crippen LogP contribution >= 0.6 is 0 Å². The fourth-order valence-electron chi connectivity index (χ4n) is 3.35. The third kappa shape index (κ3) is 3.82. The molecular weight excluding hydrogens is 366 g/mol. The molecule has 1 amide bonds. The molecule has 1 aromatic carbocycles. The maximum atomic E-state index is 12.9. The van der Waals surface area contributed by atoms with E-state index in [0.29, 0.717) is 23.5 Å². The van der Waals surface area contributed by atoms with Gasteiger partial charge in [-0.1, -0.05) is 18.2 Å². The summed E-state index contributed by atoms with van der Waals surface area (Å²) in [6.45, 7) is 7.21. The fourth-order valence-corrected chi connectivity index (χ4v) is 3.35. The van der Waals surface area contributed by atoms with Crippen molar-refractivity contribution >= 4 is 11.6 Å². The number of hydrogen-bond acceptors (Lipinski definition) is 4. The predicted molar refractivity (Wildman–Crippen MR) is 110 cm³/mol. The van der Waals surface area contributed by atoms with Crippen LogP contribution in [0.1, 0.15) is 34.2 Å². The lowest BCUT2D eigenvalue weighted by Crippen LogP contribution is -2.13. The first-order valence-corrected chi connectivity index (χ1v) is 9.52. The van der Waals surface area contributed by atoms with E-state index in [9.17, 15) is 4.79 Å². The molecule has 1 N–H and O–H groups in total. The van der Waals surface area contributed by atoms with Gasteiger partial charge in [-0.25, -0.2) is 4.68 Å². The molecule has 0 aliphatic rings. The number of amides is 1. The summed E-state index contributed by atoms with van der Waals surface area (Å²) >= 11 is 0. The quantitative estimate of drug-likeness (QED) is 0.549. The summed E-state index contributed by atoms with van der Waals surface area (Å²) in [5.41, 5.74) is 4.68. The molecular formula is C21H23N7O. The average Bonchev–Trinajstić information content (AvgIpc) is 3.42. The molecule has 3 aromatic heterocycles. The Morgan fingerprint density at radius 2 is 1.79 bits per heavy atom. The Hall–Kier alpha value is -3.68. The van der Waals surface area contributed by atoms with E-state index in [1.54, 1.807) is 15.6 Å². The van der Waals surface area contributed by atoms with Crippen LogP contribution in [0.15, 0.2) is 55.1 Å². The zero-order valence-corrected chi connectivity index (χ0v) is 16.7. The number of hydrogen-bond donors (Lipinski definition) is 1. The lowest BCUT2D eigenvalue weighted by atomic mass is 10.2. The number of carbonyl (C=O) groups is 1. The summed E-state index contributed by atoms with van der Waals surface area (Å²) in [7, 11) is 0. The highest BCUT2D eigenvalue weighted by molar-refractivity contribution is 6.05. The van der Waals surface area contributed by atoms with E-state index in [2.05, 4.69) is 20.6 Å². The number of aromatic nitrogens is 6. The predicted octanol–water partition coefficient (Wildman–Crippen LogP) is 3.20. The van der Waals surface area contributed by atoms with Crippen LogP contribution in [0.2, 0.25) is 0 Å². The van der Waals surface area contributed by atoms with Gasteiger partial charge in [0, 0.05) is 24.5 Å². The van der Waals surface area contributed by atoms with E-state index >= 15 is 0 Å². The largest absolute Gasteiger partial charge is 0.319 e. The normalized spacial score (nSPS) is 11.0. The molecule has 0 unspecified atom stereocenters. The van der Waals surface area contributed by atoms with Crippen LogP contribution in [0.3, 0.4) is 0 Å². The first-order valence-electron chi connectivity index (χ1n) is 9.52. The van der Waals surface area contributed by atoms with Gasteiger partial charge in [0.15, 0.2) is 0 Å². The number of rotatable bonds is 6. The molecule has 8 nitrogen and oxygen atoms in total. The molecule has 0 fully saturated rings. The third-order valence-corrected chi connectivity index (χ3v) is 4.77. The van der Waals surface area contributed by atoms with Crippen LogP contribution in [0.4, 0.5) is 5.69 Å². The van der Waals surface area contributed by atoms with Gasteiger partial charge in [-0.2, -0.15) is 15.3 Å². The smallest absolute Gasteiger partial charge is 0.259 e. The fraction of sp³-hybridized carbons (Fsp3) is 0.238. The zero-order chi connectivity index (χ0) is 20.4. The van der Waals surface area contributed by atoms with Crippen molar-refractivity contribution in [1.29, 1.82) is 0 Å². The first kappa shape index (κ1) is 18.7. The molecule has 148 valence electrons. The molecule has 29 heavy (non-hydrogen) atoms. The van der Waals surface area contributed by atoms with Gasteiger partial charge in [0.25, 0.3) is 5.91 Å². The molecule has 4 rings (SSSR count). The van der Waals surface area contributed by atoms with Crippen molar-refractivity contribution in [2.45, 2.75) is 33.9 Å². The van der Waals surface area contributed by atoms with Gasteiger partial charge < -0.3 is 5.32 Å². The van der Waals surface area contributed by atoms with E-state index < -0.39 is 0 Å². The van der Waals surface area contributed by atoms with Crippen molar-refractivity contribution in [2.75, 3.05) is 5.32 Å². The number of carbonyl (C=O) groups excluding carboxylic acids is 1. The second-order valence-corrected chi connectivity index (χ2v) is 6.88. The minimum Gasteiger partial charge on any atom is -0.319 e. The summed E-state index contributed by atoms with van der Waals surface area (Å²) < 4.78 is 5.44. The van der Waals surface area contributed by atoms with Gasteiger partial charge in [-0.3, -0.25) is 14.2 Å². The van der Waals surface area contributed by atoms with Crippen LogP contribution in [-0.4, -0.2) is 35.2 Å². The highest BCUT2D eigenvalue weighted by Crippen LogP contribution is 2.19. The Balaban J connectivity index is 1.50. The number of benzene rings is 1. The van der Waals surface area contributed by atoms with Gasteiger partial charge in [0.2, 0.25) is 0 Å². The first-order chi connectivity index (χ1) is 14.0. The van der Waals surface area contributed by atoms with Gasteiger partial charge in [0.05, 0.1) is 47.3 Å². The van der Waals surface area contributed by atoms with Crippen LogP contribution < -0.4 is 5.32 Å². The van der Waals surface area contributed by atoms with Gasteiger partial charge in [-0.15, -0.1) is 0 Å². The maximum Gasteiger partial charge on any atom is 0.259 e. The number of nitrogens with one attached hydrogen (secondary N) is 1. The summed E-state index contributed by atoms with van der Waals surface area (Å²) in [5, 5.41) is 16.1. The van der Waals surface area contributed by atoms with E-state index in [1.807, 2.05) is 74.4 Å². The van der Waals surface area contributed by atoms with Crippen LogP contribution in [-0.2, 0) is 13.1 Å². The molecule has 0 aliphatic heterocycles. The minimum atomic E-state index is -0.194. The van der Waals surface area contributed by atoms with Gasteiger partial charge in [-0.05, 0) is 32.9 Å². The minimum absolute atomic E-state index is 0.194. The maximum absolute atomic E-state index is 12.9. The van der Waals surface area contributed by atoms with Crippen LogP contribution in [0.5, 0.6) is 0 Å². The molecule has 0 spiro atoms. The van der Waals surface area contributed by atoms with Crippen molar-refractivity contribution < 1.29 is 4.79 Å². The summed E-state index contributed by atoms with van der Waals surface area (Å²) in [4.78, 5) is 12.9. The van der Waals surface area contributed by atoms with E-state index in [4.69, 9.17) is 0 Å². The Labute approximate surface area is 168 Å². The average molecular weight is 389 g/mol. The molecule has 0 saturated carbocycles. The molecule has 0 bridgehead atoms. The summed E-state index contributed by atoms with van der Waals surface area (Å²) in [6, 6.07) is 9.78. The summed E-state index contributed by atoms with van der Waals surface area (Å²) in [6.07, 6.45) is 7.28. The standard InChI is InChI=1S/C21H23N7O/c1-4-26-12-17(10-22-26)13-27-14-18(11-23-27)24-21(29)20-15(2)25-28(16(20)3)19-8-6-5-7-9-19/h5-12,14H,4,13H2,1-3H3,(H,24,29). The highest BCUT2D eigenvalue weighted by Gasteiger charge is 2.20. The molecule has 8 heteroatoms. The van der Waals surface area contributed by atoms with Crippen molar-refractivity contribution in [2.24, 2.45) is 0 Å². The Morgan fingerprint density at radius 1 is 1.03 bits per heavy atom. The van der Waals surface area contributed by atoms with Crippen molar-refractivity contribution in [3.8, 4) is 5.69 Å². The second kappa shape index (κ2) is 7.75. The monoisotopic (exact) mass is 389 g/mol. The van der Waals surface area contributed by atoms with E-state index in [1.165, 1.54) is 0 Å². The number of nitrogens with zero attached hydrogens (tertiary/aromatic N) is 6. The van der Waals surface area contributed by atoms with E-state index in [0.717, 1.165) is 23.5 Å². The second-order valence-electron chi connectivity index (χ2n) is 6.88. The number of anilines is 1. The Bertz CT molecular complexity index is 1140. The van der Waals surface area contributed by atoms with Crippen LogP contribution in [0, 0.1) is 13.8 Å². The number of aryl methyl sites for hydroxylation is 2. The third-order valence-electron chi connectivity index (χ3n) is 4.77. The Morgan fingerprint density at radius 3 is 2.52 bits per heavy atom. The molecule has 0 aliphatic carbocycles. The summed E-state index contributed by atoms with van der Waals surface area (Å²) in [5.74, 6) is -0.194. The zero-order valence-electron chi connectivity index (χ0n) is 16.7. The van der Waals surface area contributed by atoms with E-state index in [-0.39, 0.29) is 5.91 Å². The lowest BCUT2D eigenvalue weighted by Gasteiger charge is -2.05. The molecule has 0 saturated heterocycles. The van der Waals surface area contributed by atoms with Crippen molar-refractivity contribution in [3.05, 3.63) is 77.6 Å². The molecule has 0 atom stereocenters. The highest BCUT2D eigenvalue weighted by atomic mass is 16.1. The molecule has 3 heterocycles. The van der Waals surface area contributed by atoms with Crippen molar-refractivity contribution in [3.63, 3.8) is 0 Å². The van der Waals surface area contributed by atoms with Crippen LogP contribution in [0.25, 0.3) is 5.69 Å². The topological polar surface area (TPSA) is 82.6 Å². The number of para-hydroxylation sites is 1. The Kier molecular flexibility index (Phi) is 4.99. The van der Waals surface area contributed by atoms with Gasteiger partial charge >= 0.3 is 0 Å².